The van der Waals surface area contributed by atoms with Gasteiger partial charge in [0.25, 0.3) is 0 Å². The van der Waals surface area contributed by atoms with Crippen LogP contribution in [0.2, 0.25) is 0 Å². The van der Waals surface area contributed by atoms with Gasteiger partial charge in [0.05, 0.1) is 6.61 Å². The molecular weight excluding hydrogens is 678 g/mol. The molecule has 254 valence electrons. The van der Waals surface area contributed by atoms with E-state index >= 15 is 0 Å². The first-order valence-corrected chi connectivity index (χ1v) is 19.1. The van der Waals surface area contributed by atoms with Crippen LogP contribution in [0.5, 0.6) is 28.7 Å². The van der Waals surface area contributed by atoms with Crippen molar-refractivity contribution in [2.75, 3.05) is 0 Å². The molecule has 10 nitrogen and oxygen atoms in total. The lowest BCUT2D eigenvalue weighted by atomic mass is 9.77. The molecule has 0 amide bonds. The van der Waals surface area contributed by atoms with Crippen molar-refractivity contribution in [2.24, 2.45) is 0 Å². The van der Waals surface area contributed by atoms with Gasteiger partial charge in [-0.2, -0.15) is 0 Å². The first kappa shape index (κ1) is 31.4. The second-order valence-electron chi connectivity index (χ2n) is 13.2. The largest absolute Gasteiger partial charge is 0.604 e. The van der Waals surface area contributed by atoms with Gasteiger partial charge >= 0.3 is 15.6 Å². The van der Waals surface area contributed by atoms with Crippen LogP contribution in [-0.4, -0.2) is 0 Å². The summed E-state index contributed by atoms with van der Waals surface area (Å²) in [6, 6.07) is 18.2. The van der Waals surface area contributed by atoms with Gasteiger partial charge in [-0.3, -0.25) is 4.52 Å². The summed E-state index contributed by atoms with van der Waals surface area (Å²) in [6.45, 7) is 13.8. The molecule has 0 spiro atoms. The van der Waals surface area contributed by atoms with Crippen LogP contribution in [0.3, 0.4) is 0 Å². The molecule has 12 heteroatoms. The van der Waals surface area contributed by atoms with Crippen LogP contribution in [0.25, 0.3) is 44.5 Å². The second kappa shape index (κ2) is 10.7. The lowest BCUT2D eigenvalue weighted by Gasteiger charge is -2.29. The molecule has 5 aliphatic rings. The van der Waals surface area contributed by atoms with Gasteiger partial charge in [0.15, 0.2) is 23.0 Å². The Kier molecular flexibility index (Phi) is 6.74. The van der Waals surface area contributed by atoms with Crippen molar-refractivity contribution >= 4 is 15.6 Å². The number of fused-ring (bicyclic) bond motifs is 3. The summed E-state index contributed by atoms with van der Waals surface area (Å²) >= 11 is 0. The van der Waals surface area contributed by atoms with Crippen LogP contribution in [0.15, 0.2) is 54.6 Å². The summed E-state index contributed by atoms with van der Waals surface area (Å²) in [5.41, 5.74) is 12.4. The molecule has 0 N–H and O–H groups in total. The molecule has 9 bridgehead atoms. The normalized spacial score (nSPS) is 20.7. The third-order valence-electron chi connectivity index (χ3n) is 9.96. The van der Waals surface area contributed by atoms with Gasteiger partial charge < -0.3 is 23.3 Å². The highest BCUT2D eigenvalue weighted by Gasteiger charge is 2.52. The third kappa shape index (κ3) is 4.33. The number of phosphoric ester groups is 1. The van der Waals surface area contributed by atoms with Crippen molar-refractivity contribution < 1.29 is 46.3 Å². The molecule has 2 atom stereocenters. The minimum Gasteiger partial charge on any atom is -0.396 e. The molecule has 5 aromatic carbocycles. The zero-order chi connectivity index (χ0) is 34.9. The maximum Gasteiger partial charge on any atom is 0.604 e. The Balaban J connectivity index is 1.61. The summed E-state index contributed by atoms with van der Waals surface area (Å²) in [5, 5.41) is 0. The van der Waals surface area contributed by atoms with E-state index in [1.807, 2.05) is 103 Å². The van der Waals surface area contributed by atoms with E-state index in [1.165, 1.54) is 0 Å². The van der Waals surface area contributed by atoms with E-state index in [0.717, 1.165) is 50.1 Å². The Labute approximate surface area is 288 Å². The fraction of sp³-hybridized carbons (Fsp3) is 0.211. The molecule has 0 saturated heterocycles. The lowest BCUT2D eigenvalue weighted by Crippen LogP contribution is -2.10. The summed E-state index contributed by atoms with van der Waals surface area (Å²) in [7, 11) is -8.82. The quantitative estimate of drug-likeness (QED) is 0.133. The van der Waals surface area contributed by atoms with Crippen molar-refractivity contribution in [3.05, 3.63) is 99.1 Å². The maximum absolute atomic E-state index is 14.7. The van der Waals surface area contributed by atoms with Crippen molar-refractivity contribution in [3.8, 4) is 73.3 Å². The number of phosphoric acid groups is 2. The van der Waals surface area contributed by atoms with Gasteiger partial charge in [0.2, 0.25) is 5.75 Å². The van der Waals surface area contributed by atoms with Gasteiger partial charge in [-0.15, -0.1) is 0 Å². The number of hydrogen-bond acceptors (Lipinski definition) is 10. The molecule has 0 fully saturated rings. The van der Waals surface area contributed by atoms with Gasteiger partial charge in [-0.05, 0) is 98.5 Å². The Morgan fingerprint density at radius 3 is 1.26 bits per heavy atom. The zero-order valence-corrected chi connectivity index (χ0v) is 30.2. The van der Waals surface area contributed by atoms with Crippen molar-refractivity contribution in [2.45, 2.75) is 55.1 Å². The lowest BCUT2D eigenvalue weighted by molar-refractivity contribution is -0.182. The average molecular weight is 711 g/mol. The molecule has 5 aromatic rings. The molecule has 5 aliphatic heterocycles. The summed E-state index contributed by atoms with van der Waals surface area (Å²) in [4.78, 5) is 12.8. The topological polar surface area (TPSA) is 108 Å². The average Bonchev–Trinajstić information content (AvgIpc) is 3.42. The highest BCUT2D eigenvalue weighted by Crippen LogP contribution is 2.73. The molecule has 2 unspecified atom stereocenters. The minimum atomic E-state index is -4.79. The van der Waals surface area contributed by atoms with Crippen molar-refractivity contribution in [3.63, 3.8) is 0 Å². The van der Waals surface area contributed by atoms with E-state index < -0.39 is 15.6 Å². The first-order chi connectivity index (χ1) is 23.9. The van der Waals surface area contributed by atoms with Crippen molar-refractivity contribution in [1.29, 1.82) is 0 Å². The van der Waals surface area contributed by atoms with Crippen molar-refractivity contribution in [1.82, 2.24) is 0 Å². The molecule has 0 aliphatic carbocycles. The van der Waals surface area contributed by atoms with E-state index in [9.17, 15) is 9.13 Å². The molecule has 10 rings (SSSR count). The van der Waals surface area contributed by atoms with E-state index in [4.69, 9.17) is 37.2 Å². The van der Waals surface area contributed by atoms with Crippen LogP contribution in [0.4, 0.5) is 0 Å². The molecule has 0 aromatic heterocycles. The van der Waals surface area contributed by atoms with E-state index in [1.54, 1.807) is 0 Å². The molecule has 0 radical (unpaired) electrons. The first-order valence-electron chi connectivity index (χ1n) is 16.2. The van der Waals surface area contributed by atoms with Crippen LogP contribution < -0.4 is 23.3 Å². The van der Waals surface area contributed by atoms with E-state index in [-0.39, 0.29) is 29.6 Å². The maximum atomic E-state index is 14.7. The predicted molar refractivity (Wildman–Crippen MR) is 187 cm³/mol. The summed E-state index contributed by atoms with van der Waals surface area (Å²) in [5.74, 6) is 0.629. The Hall–Kier alpha value is -4.56. The van der Waals surface area contributed by atoms with Gasteiger partial charge in [0, 0.05) is 38.9 Å². The number of rotatable bonds is 3. The summed E-state index contributed by atoms with van der Waals surface area (Å²) in [6.07, 6.45) is 0. The fourth-order valence-corrected chi connectivity index (χ4v) is 9.94. The Morgan fingerprint density at radius 2 is 0.820 bits per heavy atom. The van der Waals surface area contributed by atoms with Crippen LogP contribution in [0, 0.1) is 48.5 Å². The van der Waals surface area contributed by atoms with Crippen LogP contribution in [0.1, 0.15) is 44.5 Å². The molecular formula is C38H32O10P2. The summed E-state index contributed by atoms with van der Waals surface area (Å²) < 4.78 is 63.2. The molecule has 5 heterocycles. The smallest absolute Gasteiger partial charge is 0.396 e. The SMILES string of the molecule is Cc1cccc(C)c1-c1c2c(-c3c(C)cccc3C)c3c(c1-c1c(C)cccc1C)OOP(=O)(OO2)Oc1c2c-3c(C)c3c1OP(=O)(OC2)O3. The standard InChI is InChI=1S/C38H32O10P2/c1-18-11-8-12-19(2)26(18)30-31(27-20(3)13-9-14-21(27)4)37-33-29-24(7)34-38-35(25(29)17-41-49(39,44-34)46-38)45-50(40,48-43-37)47-42-36(30)32(33)28-22(5)15-10-16-23(28)6/h8-16H,17H2,1-7H3. The molecule has 0 saturated carbocycles. The van der Waals surface area contributed by atoms with Gasteiger partial charge in [-0.1, -0.05) is 63.9 Å². The number of aryl methyl sites for hydroxylation is 6. The Morgan fingerprint density at radius 1 is 0.440 bits per heavy atom. The Bertz CT molecular complexity index is 2410. The number of hydrogen-bond donors (Lipinski definition) is 0. The zero-order valence-electron chi connectivity index (χ0n) is 28.4. The number of benzene rings is 5. The van der Waals surface area contributed by atoms with E-state index in [2.05, 4.69) is 0 Å². The van der Waals surface area contributed by atoms with Gasteiger partial charge in [0.1, 0.15) is 0 Å². The predicted octanol–water partition coefficient (Wildman–Crippen LogP) is 11.1. The molecule has 50 heavy (non-hydrogen) atoms. The second-order valence-corrected chi connectivity index (χ2v) is 16.1. The highest BCUT2D eigenvalue weighted by atomic mass is 31.2. The fourth-order valence-electron chi connectivity index (χ4n) is 7.84. The van der Waals surface area contributed by atoms with Crippen LogP contribution >= 0.6 is 15.6 Å². The van der Waals surface area contributed by atoms with Crippen LogP contribution in [-0.2, 0) is 29.6 Å². The van der Waals surface area contributed by atoms with E-state index in [0.29, 0.717) is 44.7 Å². The monoisotopic (exact) mass is 710 g/mol. The third-order valence-corrected chi connectivity index (χ3v) is 12.1. The minimum absolute atomic E-state index is 0.0190. The highest BCUT2D eigenvalue weighted by molar-refractivity contribution is 7.50. The van der Waals surface area contributed by atoms with Gasteiger partial charge in [-0.25, -0.2) is 9.13 Å².